The number of amides is 3. The molecule has 1 saturated heterocycles. The zero-order valence-electron chi connectivity index (χ0n) is 22.1. The molecule has 3 heterocycles. The van der Waals surface area contributed by atoms with Crippen molar-refractivity contribution < 1.29 is 42.4 Å². The van der Waals surface area contributed by atoms with Crippen LogP contribution in [0.1, 0.15) is 33.4 Å². The lowest BCUT2D eigenvalue weighted by Gasteiger charge is -2.48. The zero-order chi connectivity index (χ0) is 28.7. The predicted octanol–water partition coefficient (Wildman–Crippen LogP) is 0.123. The quantitative estimate of drug-likeness (QED) is 0.100. The van der Waals surface area contributed by atoms with Crippen molar-refractivity contribution in [1.29, 1.82) is 0 Å². The number of hydrogen-bond acceptors (Lipinski definition) is 12. The summed E-state index contributed by atoms with van der Waals surface area (Å²) in [6, 6.07) is -1.19. The molecule has 0 bridgehead atoms. The van der Waals surface area contributed by atoms with Crippen molar-refractivity contribution in [3.05, 3.63) is 22.8 Å². The van der Waals surface area contributed by atoms with Crippen molar-refractivity contribution in [1.82, 2.24) is 15.2 Å². The highest BCUT2D eigenvalue weighted by atomic mass is 32.2. The first-order valence-electron chi connectivity index (χ1n) is 12.0. The molecule has 3 rings (SSSR count). The minimum atomic E-state index is -1.60. The first-order chi connectivity index (χ1) is 18.6. The molecule has 39 heavy (non-hydrogen) atoms. The van der Waals surface area contributed by atoms with Gasteiger partial charge in [0.1, 0.15) is 36.0 Å². The van der Waals surface area contributed by atoms with Gasteiger partial charge in [-0.15, -0.1) is 11.3 Å². The van der Waals surface area contributed by atoms with Crippen LogP contribution in [0.15, 0.2) is 22.3 Å². The molecular weight excluding hydrogens is 554 g/mol. The van der Waals surface area contributed by atoms with E-state index in [4.69, 9.17) is 19.0 Å². The smallest absolute Gasteiger partial charge is 0.355 e. The topological polar surface area (TPSA) is 175 Å². The van der Waals surface area contributed by atoms with Gasteiger partial charge in [-0.05, 0) is 33.8 Å². The predicted molar refractivity (Wildman–Crippen MR) is 141 cm³/mol. The van der Waals surface area contributed by atoms with E-state index in [1.54, 1.807) is 0 Å². The molecule has 1 aromatic heterocycles. The van der Waals surface area contributed by atoms with Crippen LogP contribution in [0.4, 0.5) is 5.13 Å². The number of ether oxygens (including phenoxy) is 3. The van der Waals surface area contributed by atoms with Gasteiger partial charge in [0.25, 0.3) is 11.8 Å². The van der Waals surface area contributed by atoms with Crippen LogP contribution in [0.3, 0.4) is 0 Å². The van der Waals surface area contributed by atoms with Gasteiger partial charge in [0.05, 0.1) is 36.2 Å². The van der Waals surface area contributed by atoms with Crippen LogP contribution >= 0.6 is 11.3 Å². The number of hydrogen-bond donors (Lipinski definition) is 2. The van der Waals surface area contributed by atoms with E-state index in [-0.39, 0.29) is 53.4 Å². The van der Waals surface area contributed by atoms with Crippen molar-refractivity contribution in [3.8, 4) is 0 Å². The molecule has 0 saturated carbocycles. The number of β-lactam (4-membered cyclic amide) rings is 1. The van der Waals surface area contributed by atoms with Crippen molar-refractivity contribution in [3.63, 3.8) is 0 Å². The van der Waals surface area contributed by atoms with Gasteiger partial charge in [-0.2, -0.15) is 0 Å². The third-order valence-corrected chi connectivity index (χ3v) is 7.63. The monoisotopic (exact) mass is 585 g/mol. The number of nitrogens with zero attached hydrogens (tertiary/aromatic N) is 3. The maximum atomic E-state index is 13.1. The number of carbonyl (C=O) groups is 4. The molecule has 2 N–H and O–H groups in total. The average molecular weight is 586 g/mol. The van der Waals surface area contributed by atoms with Crippen LogP contribution in [0, 0.1) is 0 Å². The number of aromatic nitrogens is 1. The van der Waals surface area contributed by atoms with Gasteiger partial charge in [-0.3, -0.25) is 23.5 Å². The molecule has 1 aromatic rings. The lowest BCUT2D eigenvalue weighted by atomic mass is 10.0. The number of fused-ring (bicyclic) bond motifs is 1. The number of thiazole rings is 1. The van der Waals surface area contributed by atoms with E-state index in [2.05, 4.69) is 20.8 Å². The first-order valence-corrected chi connectivity index (χ1v) is 14.3. The van der Waals surface area contributed by atoms with E-state index < -0.39 is 46.1 Å². The molecule has 2 aliphatic rings. The Bertz CT molecular complexity index is 1150. The van der Waals surface area contributed by atoms with E-state index in [0.29, 0.717) is 6.41 Å². The van der Waals surface area contributed by atoms with E-state index >= 15 is 0 Å². The van der Waals surface area contributed by atoms with Gasteiger partial charge in [0, 0.05) is 11.1 Å². The molecule has 3 amide bonds. The number of oxime groups is 1. The van der Waals surface area contributed by atoms with E-state index in [0.717, 1.165) is 16.2 Å². The number of nitrogens with one attached hydrogen (secondary N) is 2. The molecular formula is C23H31N5O9S2. The van der Waals surface area contributed by atoms with Crippen LogP contribution in [-0.2, 0) is 49.0 Å². The Kier molecular flexibility index (Phi) is 10.7. The third-order valence-electron chi connectivity index (χ3n) is 5.34. The molecule has 1 fully saturated rings. The maximum Gasteiger partial charge on any atom is 0.355 e. The largest absolute Gasteiger partial charge is 0.453 e. The molecule has 16 heteroatoms. The van der Waals surface area contributed by atoms with Crippen LogP contribution in [0.2, 0.25) is 0 Å². The molecule has 214 valence electrons. The highest BCUT2D eigenvalue weighted by molar-refractivity contribution is 7.86. The minimum absolute atomic E-state index is 0.0211. The van der Waals surface area contributed by atoms with Gasteiger partial charge in [-0.25, -0.2) is 9.78 Å². The van der Waals surface area contributed by atoms with Crippen molar-refractivity contribution in [2.45, 2.75) is 57.4 Å². The molecule has 14 nitrogen and oxygen atoms in total. The first kappa shape index (κ1) is 30.3. The summed E-state index contributed by atoms with van der Waals surface area (Å²) in [5, 5.41) is 9.26. The van der Waals surface area contributed by atoms with Gasteiger partial charge >= 0.3 is 5.97 Å². The standard InChI is InChI=1S/C23H31N5O9S2/c1-12(2)35-8-14(9-36-13(3)4)37-22(32)16-6-7-39(33)21-18(20(31)28(16)21)26-19(30)17(27-34-5)15-10-38-23(25-15)24-11-29/h6,10-14,18,21H,7-9H2,1-5H3,(H,26,30)(H,24,25,29)/b27-17-/t18?,21-,39?/m1/s1. The molecule has 0 aromatic carbocycles. The fourth-order valence-electron chi connectivity index (χ4n) is 3.59. The summed E-state index contributed by atoms with van der Waals surface area (Å²) in [5.74, 6) is -2.27. The van der Waals surface area contributed by atoms with Crippen molar-refractivity contribution in [2.24, 2.45) is 5.16 Å². The molecule has 0 aliphatic carbocycles. The summed E-state index contributed by atoms with van der Waals surface area (Å²) < 4.78 is 29.5. The summed E-state index contributed by atoms with van der Waals surface area (Å²) in [4.78, 5) is 59.7. The summed E-state index contributed by atoms with van der Waals surface area (Å²) in [7, 11) is -0.374. The molecule has 2 aliphatic heterocycles. The van der Waals surface area contributed by atoms with E-state index in [1.807, 2.05) is 27.7 Å². The zero-order valence-corrected chi connectivity index (χ0v) is 23.7. The second-order valence-electron chi connectivity index (χ2n) is 8.90. The Morgan fingerprint density at radius 2 is 1.92 bits per heavy atom. The van der Waals surface area contributed by atoms with Gasteiger partial charge in [-0.1, -0.05) is 5.16 Å². The Hall–Kier alpha value is -3.21. The summed E-state index contributed by atoms with van der Waals surface area (Å²) in [6.45, 7) is 7.56. The Labute approximate surface area is 231 Å². The lowest BCUT2D eigenvalue weighted by molar-refractivity contribution is -0.161. The van der Waals surface area contributed by atoms with Gasteiger partial charge < -0.3 is 29.7 Å². The SMILES string of the molecule is CO/N=C(\C(=O)NC1C(=O)N2C(C(=O)OC(COC(C)C)COC(C)C)=CCS(=O)[C@H]12)c1csc(NC=O)n1. The Morgan fingerprint density at radius 1 is 1.26 bits per heavy atom. The molecule has 3 atom stereocenters. The minimum Gasteiger partial charge on any atom is -0.453 e. The highest BCUT2D eigenvalue weighted by Gasteiger charge is 2.56. The average Bonchev–Trinajstić information content (AvgIpc) is 3.35. The number of anilines is 1. The third kappa shape index (κ3) is 7.46. The van der Waals surface area contributed by atoms with Crippen LogP contribution in [0.25, 0.3) is 0 Å². The fraction of sp³-hybridized carbons (Fsp3) is 0.565. The molecule has 0 radical (unpaired) electrons. The van der Waals surface area contributed by atoms with Crippen LogP contribution in [0.5, 0.6) is 0 Å². The van der Waals surface area contributed by atoms with Crippen LogP contribution in [-0.4, -0.2) is 99.8 Å². The highest BCUT2D eigenvalue weighted by Crippen LogP contribution is 2.32. The number of carbonyl (C=O) groups excluding carboxylic acids is 4. The van der Waals surface area contributed by atoms with Crippen molar-refractivity contribution in [2.75, 3.05) is 31.4 Å². The lowest BCUT2D eigenvalue weighted by Crippen LogP contribution is -2.73. The second-order valence-corrected chi connectivity index (χ2v) is 11.3. The number of esters is 1. The summed E-state index contributed by atoms with van der Waals surface area (Å²) >= 11 is 1.05. The van der Waals surface area contributed by atoms with Crippen LogP contribution < -0.4 is 10.6 Å². The van der Waals surface area contributed by atoms with Crippen molar-refractivity contribution >= 4 is 57.2 Å². The normalized spacial score (nSPS) is 20.9. The summed E-state index contributed by atoms with van der Waals surface area (Å²) in [6.07, 6.45) is 0.879. The van der Waals surface area contributed by atoms with Gasteiger partial charge in [0.2, 0.25) is 6.41 Å². The molecule has 2 unspecified atom stereocenters. The molecule has 0 spiro atoms. The Morgan fingerprint density at radius 3 is 2.51 bits per heavy atom. The van der Waals surface area contributed by atoms with Gasteiger partial charge in [0.15, 0.2) is 10.8 Å². The summed E-state index contributed by atoms with van der Waals surface area (Å²) in [5.41, 5.74) is -0.225. The van der Waals surface area contributed by atoms with E-state index in [9.17, 15) is 23.4 Å². The number of rotatable bonds is 14. The Balaban J connectivity index is 1.71. The maximum absolute atomic E-state index is 13.1. The second kappa shape index (κ2) is 13.7. The fourth-order valence-corrected chi connectivity index (χ4v) is 5.71. The van der Waals surface area contributed by atoms with E-state index in [1.165, 1.54) is 18.6 Å².